The lowest BCUT2D eigenvalue weighted by molar-refractivity contribution is -0.274. The molecule has 0 saturated carbocycles. The molecule has 1 heterocycles. The van der Waals surface area contributed by atoms with E-state index in [0.717, 1.165) is 6.07 Å². The maximum absolute atomic E-state index is 12.1. The number of rotatable bonds is 2. The summed E-state index contributed by atoms with van der Waals surface area (Å²) in [6, 6.07) is 2.19. The van der Waals surface area contributed by atoms with E-state index in [0.29, 0.717) is 6.29 Å². The van der Waals surface area contributed by atoms with Gasteiger partial charge in [0.25, 0.3) is 5.91 Å². The number of carbonyl (C=O) groups is 2. The molecule has 90 valence electrons. The van der Waals surface area contributed by atoms with Crippen molar-refractivity contribution in [1.82, 2.24) is 5.32 Å². The van der Waals surface area contributed by atoms with Gasteiger partial charge in [-0.05, 0) is 12.1 Å². The van der Waals surface area contributed by atoms with Gasteiger partial charge in [-0.3, -0.25) is 9.59 Å². The number of hydrogen-bond acceptors (Lipinski definition) is 3. The zero-order valence-electron chi connectivity index (χ0n) is 8.30. The van der Waals surface area contributed by atoms with Crippen LogP contribution in [0.25, 0.3) is 0 Å². The van der Waals surface area contributed by atoms with Crippen molar-refractivity contribution in [2.45, 2.75) is 12.9 Å². The van der Waals surface area contributed by atoms with Gasteiger partial charge in [-0.2, -0.15) is 0 Å². The van der Waals surface area contributed by atoms with E-state index in [1.54, 1.807) is 0 Å². The van der Waals surface area contributed by atoms with E-state index in [4.69, 9.17) is 0 Å². The summed E-state index contributed by atoms with van der Waals surface area (Å²) in [7, 11) is 0. The second kappa shape index (κ2) is 3.76. The van der Waals surface area contributed by atoms with E-state index >= 15 is 0 Å². The van der Waals surface area contributed by atoms with Gasteiger partial charge in [0.2, 0.25) is 0 Å². The Bertz CT molecular complexity index is 496. The summed E-state index contributed by atoms with van der Waals surface area (Å²) >= 11 is 0. The minimum Gasteiger partial charge on any atom is -0.405 e. The SMILES string of the molecule is O=Cc1cc(OC(F)(F)F)c2c(c1)C(=O)NC2. The number of ether oxygens (including phenoxy) is 1. The van der Waals surface area contributed by atoms with Gasteiger partial charge >= 0.3 is 6.36 Å². The molecule has 2 rings (SSSR count). The van der Waals surface area contributed by atoms with Crippen LogP contribution in [0.15, 0.2) is 12.1 Å². The molecule has 1 aromatic rings. The lowest BCUT2D eigenvalue weighted by Gasteiger charge is -2.12. The summed E-state index contributed by atoms with van der Waals surface area (Å²) in [6.45, 7) is -0.0429. The van der Waals surface area contributed by atoms with Crippen LogP contribution in [-0.4, -0.2) is 18.6 Å². The number of carbonyl (C=O) groups excluding carboxylic acids is 2. The first-order chi connectivity index (χ1) is 7.90. The summed E-state index contributed by atoms with van der Waals surface area (Å²) in [5.74, 6) is -1.04. The third kappa shape index (κ3) is 2.22. The Morgan fingerprint density at radius 2 is 2.06 bits per heavy atom. The van der Waals surface area contributed by atoms with Gasteiger partial charge in [-0.25, -0.2) is 0 Å². The highest BCUT2D eigenvalue weighted by Gasteiger charge is 2.34. The van der Waals surface area contributed by atoms with Crippen molar-refractivity contribution in [2.24, 2.45) is 0 Å². The van der Waals surface area contributed by atoms with Crippen LogP contribution in [-0.2, 0) is 6.54 Å². The number of hydrogen-bond donors (Lipinski definition) is 1. The van der Waals surface area contributed by atoms with Gasteiger partial charge in [0, 0.05) is 23.2 Å². The van der Waals surface area contributed by atoms with Crippen LogP contribution in [0.1, 0.15) is 26.3 Å². The number of aldehydes is 1. The van der Waals surface area contributed by atoms with Crippen molar-refractivity contribution in [3.8, 4) is 5.75 Å². The molecule has 0 aliphatic carbocycles. The Balaban J connectivity index is 2.51. The Kier molecular flexibility index (Phi) is 2.53. The first-order valence-electron chi connectivity index (χ1n) is 4.57. The quantitative estimate of drug-likeness (QED) is 0.806. The van der Waals surface area contributed by atoms with Crippen molar-refractivity contribution in [2.75, 3.05) is 0 Å². The van der Waals surface area contributed by atoms with Crippen LogP contribution in [0, 0.1) is 0 Å². The molecular formula is C10H6F3NO3. The van der Waals surface area contributed by atoms with Crippen molar-refractivity contribution < 1.29 is 27.5 Å². The average Bonchev–Trinajstić information content (AvgIpc) is 2.58. The molecular weight excluding hydrogens is 239 g/mol. The fourth-order valence-corrected chi connectivity index (χ4v) is 1.60. The van der Waals surface area contributed by atoms with Gasteiger partial charge in [0.1, 0.15) is 12.0 Å². The predicted molar refractivity (Wildman–Crippen MR) is 49.7 cm³/mol. The second-order valence-corrected chi connectivity index (χ2v) is 3.39. The van der Waals surface area contributed by atoms with Crippen molar-refractivity contribution >= 4 is 12.2 Å². The van der Waals surface area contributed by atoms with Crippen LogP contribution < -0.4 is 10.1 Å². The number of nitrogens with one attached hydrogen (secondary N) is 1. The zero-order chi connectivity index (χ0) is 12.6. The highest BCUT2D eigenvalue weighted by Crippen LogP contribution is 2.32. The molecule has 0 unspecified atom stereocenters. The van der Waals surface area contributed by atoms with E-state index in [-0.39, 0.29) is 23.2 Å². The first-order valence-corrected chi connectivity index (χ1v) is 4.57. The molecule has 4 nitrogen and oxygen atoms in total. The zero-order valence-corrected chi connectivity index (χ0v) is 8.30. The van der Waals surface area contributed by atoms with Crippen molar-refractivity contribution in [1.29, 1.82) is 0 Å². The first kappa shape index (κ1) is 11.4. The van der Waals surface area contributed by atoms with Crippen molar-refractivity contribution in [3.63, 3.8) is 0 Å². The minimum absolute atomic E-state index is 0.0360. The minimum atomic E-state index is -4.86. The van der Waals surface area contributed by atoms with E-state index in [2.05, 4.69) is 10.1 Å². The topological polar surface area (TPSA) is 55.4 Å². The fourth-order valence-electron chi connectivity index (χ4n) is 1.60. The molecule has 1 N–H and O–H groups in total. The molecule has 0 aromatic heterocycles. The van der Waals surface area contributed by atoms with E-state index < -0.39 is 18.0 Å². The highest BCUT2D eigenvalue weighted by molar-refractivity contribution is 6.00. The molecule has 7 heteroatoms. The standard InChI is InChI=1S/C10H6F3NO3/c11-10(12,13)17-8-2-5(4-15)1-6-7(8)3-14-9(6)16/h1-2,4H,3H2,(H,14,16). The molecule has 1 amide bonds. The molecule has 0 atom stereocenters. The maximum Gasteiger partial charge on any atom is 0.573 e. The molecule has 1 aliphatic rings. The molecule has 1 aliphatic heterocycles. The Morgan fingerprint density at radius 1 is 1.35 bits per heavy atom. The lowest BCUT2D eigenvalue weighted by atomic mass is 10.1. The van der Waals surface area contributed by atoms with Crippen LogP contribution in [0.2, 0.25) is 0 Å². The summed E-state index contributed by atoms with van der Waals surface area (Å²) < 4.78 is 40.2. The van der Waals surface area contributed by atoms with Gasteiger partial charge in [0.15, 0.2) is 0 Å². The maximum atomic E-state index is 12.1. The van der Waals surface area contributed by atoms with Gasteiger partial charge in [-0.15, -0.1) is 13.2 Å². The van der Waals surface area contributed by atoms with Crippen molar-refractivity contribution in [3.05, 3.63) is 28.8 Å². The largest absolute Gasteiger partial charge is 0.573 e. The molecule has 17 heavy (non-hydrogen) atoms. The van der Waals surface area contributed by atoms with Crippen LogP contribution in [0.4, 0.5) is 13.2 Å². The summed E-state index contributed by atoms with van der Waals surface area (Å²) in [4.78, 5) is 21.8. The summed E-state index contributed by atoms with van der Waals surface area (Å²) in [5.41, 5.74) is 0.104. The average molecular weight is 245 g/mol. The van der Waals surface area contributed by atoms with Crippen LogP contribution >= 0.6 is 0 Å². The number of benzene rings is 1. The number of fused-ring (bicyclic) bond motifs is 1. The number of amides is 1. The Labute approximate surface area is 93.4 Å². The highest BCUT2D eigenvalue weighted by atomic mass is 19.4. The Morgan fingerprint density at radius 3 is 2.65 bits per heavy atom. The third-order valence-corrected chi connectivity index (χ3v) is 2.26. The smallest absolute Gasteiger partial charge is 0.405 e. The van der Waals surface area contributed by atoms with Gasteiger partial charge in [-0.1, -0.05) is 0 Å². The van der Waals surface area contributed by atoms with Gasteiger partial charge < -0.3 is 10.1 Å². The Hall–Kier alpha value is -2.05. The number of halogens is 3. The lowest BCUT2D eigenvalue weighted by Crippen LogP contribution is -2.18. The third-order valence-electron chi connectivity index (χ3n) is 2.26. The summed E-state index contributed by atoms with van der Waals surface area (Å²) in [6.07, 6.45) is -4.50. The van der Waals surface area contributed by atoms with E-state index in [9.17, 15) is 22.8 Å². The molecule has 0 saturated heterocycles. The van der Waals surface area contributed by atoms with E-state index in [1.165, 1.54) is 6.07 Å². The fraction of sp³-hybridized carbons (Fsp3) is 0.200. The monoisotopic (exact) mass is 245 g/mol. The van der Waals surface area contributed by atoms with Gasteiger partial charge in [0.05, 0.1) is 0 Å². The molecule has 0 spiro atoms. The predicted octanol–water partition coefficient (Wildman–Crippen LogP) is 1.64. The van der Waals surface area contributed by atoms with E-state index in [1.807, 2.05) is 0 Å². The second-order valence-electron chi connectivity index (χ2n) is 3.39. The van der Waals surface area contributed by atoms with Crippen LogP contribution in [0.3, 0.4) is 0 Å². The molecule has 0 fully saturated rings. The number of alkyl halides is 3. The molecule has 1 aromatic carbocycles. The van der Waals surface area contributed by atoms with Crippen LogP contribution in [0.5, 0.6) is 5.75 Å². The normalized spacial score (nSPS) is 14.2. The molecule has 0 bridgehead atoms. The summed E-state index contributed by atoms with van der Waals surface area (Å²) in [5, 5.41) is 2.36. The molecule has 0 radical (unpaired) electrons.